The highest BCUT2D eigenvalue weighted by Crippen LogP contribution is 2.06. The lowest BCUT2D eigenvalue weighted by Crippen LogP contribution is -2.49. The van der Waals surface area contributed by atoms with Crippen molar-refractivity contribution in [2.45, 2.75) is 0 Å². The molecule has 0 aromatic carbocycles. The minimum Gasteiger partial charge on any atom is -0.330 e. The average molecular weight is 213 g/mol. The maximum atomic E-state index is 5.40. The monoisotopic (exact) mass is 212 g/mol. The van der Waals surface area contributed by atoms with Crippen LogP contribution in [0.1, 0.15) is 0 Å². The summed E-state index contributed by atoms with van der Waals surface area (Å²) in [5, 5.41) is 0. The predicted molar refractivity (Wildman–Crippen MR) is 49.0 cm³/mol. The Labute approximate surface area is 72.1 Å². The molecule has 0 spiro atoms. The zero-order chi connectivity index (χ0) is 7.33. The Morgan fingerprint density at radius 3 is 0.900 bits per heavy atom. The first-order chi connectivity index (χ1) is 4.24. The first-order valence-corrected chi connectivity index (χ1v) is 3.05. The van der Waals surface area contributed by atoms with Gasteiger partial charge in [0.15, 0.2) is 0 Å². The first kappa shape index (κ1) is 12.9. The fourth-order valence-corrected chi connectivity index (χ4v) is 0.500. The summed E-state index contributed by atoms with van der Waals surface area (Å²) in [7, 11) is 0. The standard InChI is InChI=1S/C5H16N4.BrH/c6-1-5(2-7,3-8)4-9;/h1-4,6-9H2;1H. The third-order valence-corrected chi connectivity index (χ3v) is 1.73. The molecule has 0 aromatic heterocycles. The highest BCUT2D eigenvalue weighted by atomic mass is 79.9. The van der Waals surface area contributed by atoms with Crippen LogP contribution in [-0.2, 0) is 0 Å². The lowest BCUT2D eigenvalue weighted by atomic mass is 9.89. The molecule has 64 valence electrons. The third-order valence-electron chi connectivity index (χ3n) is 1.73. The summed E-state index contributed by atoms with van der Waals surface area (Å²) in [6.07, 6.45) is 0. The molecule has 0 aliphatic heterocycles. The molecule has 0 unspecified atom stereocenters. The van der Waals surface area contributed by atoms with Gasteiger partial charge in [-0.15, -0.1) is 17.0 Å². The van der Waals surface area contributed by atoms with Gasteiger partial charge in [0.25, 0.3) is 0 Å². The maximum Gasteiger partial charge on any atom is 0.0193 e. The van der Waals surface area contributed by atoms with Gasteiger partial charge in [-0.3, -0.25) is 0 Å². The van der Waals surface area contributed by atoms with Crippen molar-refractivity contribution < 1.29 is 0 Å². The Morgan fingerprint density at radius 1 is 0.700 bits per heavy atom. The SMILES string of the molecule is Br.NCC(CN)(CN)CN. The van der Waals surface area contributed by atoms with Crippen LogP contribution in [0.2, 0.25) is 0 Å². The highest BCUT2D eigenvalue weighted by Gasteiger charge is 2.22. The summed E-state index contributed by atoms with van der Waals surface area (Å²) in [5.41, 5.74) is 21.4. The maximum absolute atomic E-state index is 5.40. The van der Waals surface area contributed by atoms with E-state index in [0.29, 0.717) is 26.2 Å². The molecular formula is C5H17BrN4. The summed E-state index contributed by atoms with van der Waals surface area (Å²) in [4.78, 5) is 0. The summed E-state index contributed by atoms with van der Waals surface area (Å²) < 4.78 is 0. The van der Waals surface area contributed by atoms with Gasteiger partial charge in [0.2, 0.25) is 0 Å². The molecule has 0 heterocycles. The molecular weight excluding hydrogens is 196 g/mol. The van der Waals surface area contributed by atoms with Crippen LogP contribution in [0.4, 0.5) is 0 Å². The quantitative estimate of drug-likeness (QED) is 0.450. The van der Waals surface area contributed by atoms with Crippen molar-refractivity contribution in [1.82, 2.24) is 0 Å². The molecule has 0 saturated heterocycles. The van der Waals surface area contributed by atoms with Gasteiger partial charge in [0.05, 0.1) is 0 Å². The second-order valence-corrected chi connectivity index (χ2v) is 2.32. The van der Waals surface area contributed by atoms with Crippen molar-refractivity contribution in [3.05, 3.63) is 0 Å². The predicted octanol–water partition coefficient (Wildman–Crippen LogP) is -1.61. The second kappa shape index (κ2) is 6.06. The van der Waals surface area contributed by atoms with Gasteiger partial charge in [-0.1, -0.05) is 0 Å². The average Bonchev–Trinajstić information content (AvgIpc) is 1.95. The molecule has 4 nitrogen and oxygen atoms in total. The Balaban J connectivity index is 0. The fourth-order valence-electron chi connectivity index (χ4n) is 0.500. The molecule has 0 aliphatic carbocycles. The smallest absolute Gasteiger partial charge is 0.0193 e. The molecule has 0 saturated carbocycles. The van der Waals surface area contributed by atoms with Crippen LogP contribution < -0.4 is 22.9 Å². The van der Waals surface area contributed by atoms with E-state index in [1.807, 2.05) is 0 Å². The number of hydrogen-bond acceptors (Lipinski definition) is 4. The van der Waals surface area contributed by atoms with Gasteiger partial charge in [0.1, 0.15) is 0 Å². The normalized spacial score (nSPS) is 10.8. The minimum atomic E-state index is -0.222. The van der Waals surface area contributed by atoms with Gasteiger partial charge >= 0.3 is 0 Å². The number of nitrogens with two attached hydrogens (primary N) is 4. The molecule has 0 atom stereocenters. The lowest BCUT2D eigenvalue weighted by Gasteiger charge is -2.26. The van der Waals surface area contributed by atoms with E-state index in [9.17, 15) is 0 Å². The molecule has 8 N–H and O–H groups in total. The molecule has 10 heavy (non-hydrogen) atoms. The molecule has 0 aromatic rings. The molecule has 0 fully saturated rings. The van der Waals surface area contributed by atoms with Crippen LogP contribution in [0.3, 0.4) is 0 Å². The van der Waals surface area contributed by atoms with E-state index in [2.05, 4.69) is 0 Å². The Morgan fingerprint density at radius 2 is 0.900 bits per heavy atom. The van der Waals surface area contributed by atoms with Gasteiger partial charge in [-0.25, -0.2) is 0 Å². The van der Waals surface area contributed by atoms with Crippen LogP contribution >= 0.6 is 17.0 Å². The van der Waals surface area contributed by atoms with Crippen LogP contribution in [0.5, 0.6) is 0 Å². The molecule has 0 rings (SSSR count). The summed E-state index contributed by atoms with van der Waals surface area (Å²) in [5.74, 6) is 0. The van der Waals surface area contributed by atoms with Crippen LogP contribution in [0.25, 0.3) is 0 Å². The summed E-state index contributed by atoms with van der Waals surface area (Å²) >= 11 is 0. The van der Waals surface area contributed by atoms with E-state index in [0.717, 1.165) is 0 Å². The van der Waals surface area contributed by atoms with Crippen molar-refractivity contribution in [2.24, 2.45) is 28.3 Å². The molecule has 0 bridgehead atoms. The van der Waals surface area contributed by atoms with Crippen LogP contribution in [0.15, 0.2) is 0 Å². The van der Waals surface area contributed by atoms with E-state index in [-0.39, 0.29) is 22.4 Å². The molecule has 5 heteroatoms. The molecule has 0 radical (unpaired) electrons. The van der Waals surface area contributed by atoms with Gasteiger partial charge in [-0.2, -0.15) is 0 Å². The van der Waals surface area contributed by atoms with E-state index < -0.39 is 0 Å². The summed E-state index contributed by atoms with van der Waals surface area (Å²) in [6, 6.07) is 0. The van der Waals surface area contributed by atoms with E-state index >= 15 is 0 Å². The van der Waals surface area contributed by atoms with Gasteiger partial charge < -0.3 is 22.9 Å². The molecule has 0 aliphatic rings. The molecule has 0 amide bonds. The first-order valence-electron chi connectivity index (χ1n) is 3.05. The van der Waals surface area contributed by atoms with Crippen molar-refractivity contribution >= 4 is 17.0 Å². The van der Waals surface area contributed by atoms with Crippen molar-refractivity contribution in [3.8, 4) is 0 Å². The van der Waals surface area contributed by atoms with Crippen molar-refractivity contribution in [1.29, 1.82) is 0 Å². The third kappa shape index (κ3) is 2.94. The number of rotatable bonds is 4. The van der Waals surface area contributed by atoms with Crippen LogP contribution in [0, 0.1) is 5.41 Å². The van der Waals surface area contributed by atoms with E-state index in [1.165, 1.54) is 0 Å². The topological polar surface area (TPSA) is 104 Å². The van der Waals surface area contributed by atoms with E-state index in [4.69, 9.17) is 22.9 Å². The zero-order valence-electron chi connectivity index (χ0n) is 6.05. The largest absolute Gasteiger partial charge is 0.330 e. The fraction of sp³-hybridized carbons (Fsp3) is 1.00. The van der Waals surface area contributed by atoms with E-state index in [1.54, 1.807) is 0 Å². The lowest BCUT2D eigenvalue weighted by molar-refractivity contribution is 0.333. The van der Waals surface area contributed by atoms with Crippen LogP contribution in [-0.4, -0.2) is 26.2 Å². The zero-order valence-corrected chi connectivity index (χ0v) is 7.76. The van der Waals surface area contributed by atoms with Crippen molar-refractivity contribution in [3.63, 3.8) is 0 Å². The number of hydrogen-bond donors (Lipinski definition) is 4. The summed E-state index contributed by atoms with van der Waals surface area (Å²) in [6.45, 7) is 1.88. The Kier molecular flexibility index (Phi) is 7.84. The Bertz CT molecular complexity index is 56.5. The van der Waals surface area contributed by atoms with Crippen molar-refractivity contribution in [2.75, 3.05) is 26.2 Å². The number of halogens is 1. The minimum absolute atomic E-state index is 0. The van der Waals surface area contributed by atoms with Gasteiger partial charge in [0, 0.05) is 31.6 Å². The van der Waals surface area contributed by atoms with Gasteiger partial charge in [-0.05, 0) is 0 Å². The highest BCUT2D eigenvalue weighted by molar-refractivity contribution is 8.93. The Hall–Kier alpha value is 0.320. The second-order valence-electron chi connectivity index (χ2n) is 2.32.